The van der Waals surface area contributed by atoms with Crippen molar-refractivity contribution in [1.29, 1.82) is 0 Å². The maximum Gasteiger partial charge on any atom is 0.280 e. The molecule has 0 unspecified atom stereocenters. The van der Waals surface area contributed by atoms with Crippen LogP contribution in [-0.4, -0.2) is 17.0 Å². The van der Waals surface area contributed by atoms with E-state index in [2.05, 4.69) is 0 Å². The van der Waals surface area contributed by atoms with Crippen molar-refractivity contribution in [2.45, 2.75) is 0 Å². The molecule has 1 rings (SSSR count). The summed E-state index contributed by atoms with van der Waals surface area (Å²) < 4.78 is 4.82. The molecular formula is C9H8N2O5. The van der Waals surface area contributed by atoms with E-state index in [0.717, 1.165) is 6.08 Å². The summed E-state index contributed by atoms with van der Waals surface area (Å²) >= 11 is 0. The Hall–Kier alpha value is -2.44. The number of nitro benzene ring substituents is 1. The van der Waals surface area contributed by atoms with Gasteiger partial charge < -0.3 is 4.74 Å². The van der Waals surface area contributed by atoms with Crippen molar-refractivity contribution < 1.29 is 14.6 Å². The number of hydrogen-bond donors (Lipinski definition) is 0. The maximum atomic E-state index is 10.7. The molecular weight excluding hydrogens is 216 g/mol. The molecule has 1 aromatic carbocycles. The lowest BCUT2D eigenvalue weighted by Gasteiger charge is -2.00. The minimum Gasteiger partial charge on any atom is -0.497 e. The molecule has 0 radical (unpaired) electrons. The van der Waals surface area contributed by atoms with Crippen LogP contribution in [0.5, 0.6) is 5.75 Å². The fourth-order valence-corrected chi connectivity index (χ4v) is 1.09. The predicted molar refractivity (Wildman–Crippen MR) is 55.7 cm³/mol. The van der Waals surface area contributed by atoms with E-state index in [-0.39, 0.29) is 11.3 Å². The van der Waals surface area contributed by atoms with Crippen molar-refractivity contribution in [2.24, 2.45) is 0 Å². The van der Waals surface area contributed by atoms with Crippen molar-refractivity contribution >= 4 is 11.8 Å². The Kier molecular flexibility index (Phi) is 3.54. The Bertz CT molecular complexity index is 455. The SMILES string of the molecule is COc1ccc(C=C[N+](=O)[O-])c([N+](=O)[O-])c1. The average molecular weight is 224 g/mol. The summed E-state index contributed by atoms with van der Waals surface area (Å²) in [7, 11) is 1.38. The van der Waals surface area contributed by atoms with Crippen molar-refractivity contribution in [3.05, 3.63) is 50.2 Å². The highest BCUT2D eigenvalue weighted by molar-refractivity contribution is 5.62. The first kappa shape index (κ1) is 11.6. The van der Waals surface area contributed by atoms with Crippen LogP contribution in [0.2, 0.25) is 0 Å². The minimum atomic E-state index is -0.687. The number of benzene rings is 1. The van der Waals surface area contributed by atoms with Crippen LogP contribution < -0.4 is 4.74 Å². The van der Waals surface area contributed by atoms with Gasteiger partial charge in [0, 0.05) is 6.08 Å². The fourth-order valence-electron chi connectivity index (χ4n) is 1.09. The molecule has 0 N–H and O–H groups in total. The number of nitro groups is 2. The Morgan fingerprint density at radius 2 is 2.00 bits per heavy atom. The normalized spacial score (nSPS) is 10.3. The molecule has 0 saturated heterocycles. The third-order valence-electron chi connectivity index (χ3n) is 1.81. The van der Waals surface area contributed by atoms with Crippen LogP contribution in [0, 0.1) is 20.2 Å². The largest absolute Gasteiger partial charge is 0.497 e. The van der Waals surface area contributed by atoms with Crippen LogP contribution >= 0.6 is 0 Å². The zero-order valence-electron chi connectivity index (χ0n) is 8.32. The lowest BCUT2D eigenvalue weighted by molar-refractivity contribution is -0.401. The molecule has 16 heavy (non-hydrogen) atoms. The van der Waals surface area contributed by atoms with Crippen LogP contribution in [0.4, 0.5) is 5.69 Å². The van der Waals surface area contributed by atoms with Crippen molar-refractivity contribution in [1.82, 2.24) is 0 Å². The van der Waals surface area contributed by atoms with Gasteiger partial charge in [-0.25, -0.2) is 0 Å². The summed E-state index contributed by atoms with van der Waals surface area (Å²) in [5, 5.41) is 20.8. The molecule has 84 valence electrons. The average Bonchev–Trinajstić information content (AvgIpc) is 2.25. The maximum absolute atomic E-state index is 10.7. The highest BCUT2D eigenvalue weighted by Crippen LogP contribution is 2.25. The van der Waals surface area contributed by atoms with E-state index in [9.17, 15) is 20.2 Å². The monoisotopic (exact) mass is 224 g/mol. The summed E-state index contributed by atoms with van der Waals surface area (Å²) in [4.78, 5) is 19.5. The number of methoxy groups -OCH3 is 1. The van der Waals surface area contributed by atoms with Gasteiger partial charge >= 0.3 is 0 Å². The third kappa shape index (κ3) is 2.77. The third-order valence-corrected chi connectivity index (χ3v) is 1.81. The van der Waals surface area contributed by atoms with Gasteiger partial charge in [-0.3, -0.25) is 20.2 Å². The predicted octanol–water partition coefficient (Wildman–Crippen LogP) is 1.85. The van der Waals surface area contributed by atoms with Crippen molar-refractivity contribution in [3.63, 3.8) is 0 Å². The van der Waals surface area contributed by atoms with E-state index >= 15 is 0 Å². The van der Waals surface area contributed by atoms with Crippen LogP contribution in [0.15, 0.2) is 24.4 Å². The summed E-state index contributed by atoms with van der Waals surface area (Å²) in [6.07, 6.45) is 1.71. The summed E-state index contributed by atoms with van der Waals surface area (Å²) in [6, 6.07) is 4.09. The van der Waals surface area contributed by atoms with Gasteiger partial charge in [0.1, 0.15) is 5.75 Å². The van der Waals surface area contributed by atoms with Gasteiger partial charge in [-0.05, 0) is 12.1 Å². The molecule has 0 amide bonds. The first-order valence-electron chi connectivity index (χ1n) is 4.18. The van der Waals surface area contributed by atoms with Gasteiger partial charge in [-0.2, -0.15) is 0 Å². The number of hydrogen-bond acceptors (Lipinski definition) is 5. The second kappa shape index (κ2) is 4.87. The van der Waals surface area contributed by atoms with Crippen LogP contribution in [0.3, 0.4) is 0 Å². The Labute approximate surface area is 90.3 Å². The second-order valence-corrected chi connectivity index (χ2v) is 2.78. The van der Waals surface area contributed by atoms with Crippen LogP contribution in [0.25, 0.3) is 6.08 Å². The lowest BCUT2D eigenvalue weighted by atomic mass is 10.1. The topological polar surface area (TPSA) is 95.5 Å². The lowest BCUT2D eigenvalue weighted by Crippen LogP contribution is -1.93. The molecule has 0 aromatic heterocycles. The summed E-state index contributed by atoms with van der Waals surface area (Å²) in [5.41, 5.74) is -0.0834. The fraction of sp³-hybridized carbons (Fsp3) is 0.111. The molecule has 0 aliphatic heterocycles. The smallest absolute Gasteiger partial charge is 0.280 e. The van der Waals surface area contributed by atoms with Crippen LogP contribution in [-0.2, 0) is 0 Å². The van der Waals surface area contributed by atoms with E-state index in [0.29, 0.717) is 11.9 Å². The molecule has 0 saturated carbocycles. The second-order valence-electron chi connectivity index (χ2n) is 2.78. The molecule has 1 aromatic rings. The molecule has 0 spiro atoms. The van der Waals surface area contributed by atoms with Crippen LogP contribution in [0.1, 0.15) is 5.56 Å². The van der Waals surface area contributed by atoms with E-state index in [1.54, 1.807) is 0 Å². The molecule has 0 heterocycles. The van der Waals surface area contributed by atoms with Gasteiger partial charge in [-0.1, -0.05) is 0 Å². The zero-order valence-corrected chi connectivity index (χ0v) is 8.32. The standard InChI is InChI=1S/C9H8N2O5/c1-16-8-3-2-7(4-5-10(12)13)9(6-8)11(14)15/h2-6H,1H3. The van der Waals surface area contributed by atoms with Gasteiger partial charge in [0.2, 0.25) is 6.20 Å². The van der Waals surface area contributed by atoms with Gasteiger partial charge in [0.05, 0.1) is 28.6 Å². The van der Waals surface area contributed by atoms with Crippen molar-refractivity contribution in [2.75, 3.05) is 7.11 Å². The molecule has 7 nitrogen and oxygen atoms in total. The zero-order chi connectivity index (χ0) is 12.1. The van der Waals surface area contributed by atoms with E-state index in [1.807, 2.05) is 0 Å². The molecule has 0 aliphatic rings. The Morgan fingerprint density at radius 1 is 1.31 bits per heavy atom. The molecule has 0 aliphatic carbocycles. The highest BCUT2D eigenvalue weighted by Gasteiger charge is 2.13. The van der Waals surface area contributed by atoms with Crippen molar-refractivity contribution in [3.8, 4) is 5.75 Å². The van der Waals surface area contributed by atoms with E-state index in [4.69, 9.17) is 4.74 Å². The van der Waals surface area contributed by atoms with Gasteiger partial charge in [0.15, 0.2) is 0 Å². The first-order valence-corrected chi connectivity index (χ1v) is 4.18. The van der Waals surface area contributed by atoms with Gasteiger partial charge in [0.25, 0.3) is 5.69 Å². The van der Waals surface area contributed by atoms with E-state index in [1.165, 1.54) is 25.3 Å². The molecule has 7 heteroatoms. The number of ether oxygens (including phenoxy) is 1. The van der Waals surface area contributed by atoms with E-state index < -0.39 is 9.85 Å². The Morgan fingerprint density at radius 3 is 2.50 bits per heavy atom. The Balaban J connectivity index is 3.18. The minimum absolute atomic E-state index is 0.155. The number of rotatable bonds is 4. The molecule has 0 fully saturated rings. The van der Waals surface area contributed by atoms with Gasteiger partial charge in [-0.15, -0.1) is 0 Å². The highest BCUT2D eigenvalue weighted by atomic mass is 16.6. The first-order chi connectivity index (χ1) is 7.54. The summed E-state index contributed by atoms with van der Waals surface area (Å²) in [5.74, 6) is 0.324. The summed E-state index contributed by atoms with van der Waals surface area (Å²) in [6.45, 7) is 0. The molecule has 0 bridgehead atoms. The quantitative estimate of drug-likeness (QED) is 0.574. The number of nitrogens with zero attached hydrogens (tertiary/aromatic N) is 2. The molecule has 0 atom stereocenters.